The van der Waals surface area contributed by atoms with Crippen LogP contribution in [0.15, 0.2) is 0 Å². The van der Waals surface area contributed by atoms with Gasteiger partial charge in [-0.05, 0) is 45.2 Å². The van der Waals surface area contributed by atoms with E-state index < -0.39 is 6.11 Å². The minimum atomic E-state index is -2.99. The van der Waals surface area contributed by atoms with Crippen molar-refractivity contribution in [3.8, 4) is 0 Å². The smallest absolute Gasteiger partial charge is 0.317 e. The van der Waals surface area contributed by atoms with Crippen molar-refractivity contribution in [2.45, 2.75) is 51.7 Å². The summed E-state index contributed by atoms with van der Waals surface area (Å²) in [6.07, 6.45) is 0.162. The number of ether oxygens (including phenoxy) is 1. The maximum absolute atomic E-state index is 12.7. The molecule has 0 atom stereocenters. The molecule has 0 aromatic rings. The van der Waals surface area contributed by atoms with Gasteiger partial charge in [0.1, 0.15) is 0 Å². The second-order valence-electron chi connectivity index (χ2n) is 5.67. The summed E-state index contributed by atoms with van der Waals surface area (Å²) in [5.41, 5.74) is 0.256. The first kappa shape index (κ1) is 13.8. The molecule has 1 aliphatic rings. The molecule has 0 N–H and O–H groups in total. The molecule has 0 saturated heterocycles. The lowest BCUT2D eigenvalue weighted by Crippen LogP contribution is -2.38. The van der Waals surface area contributed by atoms with Crippen LogP contribution in [0.2, 0.25) is 0 Å². The highest BCUT2D eigenvalue weighted by Crippen LogP contribution is 2.38. The van der Waals surface area contributed by atoms with Crippen LogP contribution in [0.5, 0.6) is 0 Å². The quantitative estimate of drug-likeness (QED) is 0.742. The Kier molecular flexibility index (Phi) is 4.29. The SMILES string of the molecule is CN(C)CC1(C)CCC(OC(C)(F)F)CC1. The fourth-order valence-electron chi connectivity index (χ4n) is 2.62. The molecule has 2 nitrogen and oxygen atoms in total. The van der Waals surface area contributed by atoms with Gasteiger partial charge in [-0.2, -0.15) is 8.78 Å². The van der Waals surface area contributed by atoms with Gasteiger partial charge in [0, 0.05) is 13.5 Å². The van der Waals surface area contributed by atoms with Gasteiger partial charge in [0.15, 0.2) is 0 Å². The zero-order valence-electron chi connectivity index (χ0n) is 10.7. The van der Waals surface area contributed by atoms with Crippen LogP contribution in [0.3, 0.4) is 0 Å². The van der Waals surface area contributed by atoms with Gasteiger partial charge >= 0.3 is 6.11 Å². The van der Waals surface area contributed by atoms with Crippen molar-refractivity contribution in [1.82, 2.24) is 4.90 Å². The molecule has 0 bridgehead atoms. The molecule has 1 fully saturated rings. The number of halogens is 2. The van der Waals surface area contributed by atoms with E-state index in [0.29, 0.717) is 0 Å². The highest BCUT2D eigenvalue weighted by atomic mass is 19.3. The van der Waals surface area contributed by atoms with Crippen molar-refractivity contribution in [2.24, 2.45) is 5.41 Å². The molecule has 0 spiro atoms. The van der Waals surface area contributed by atoms with E-state index in [2.05, 4.69) is 11.8 Å². The Hall–Kier alpha value is -0.220. The zero-order chi connectivity index (χ0) is 12.4. The summed E-state index contributed by atoms with van der Waals surface area (Å²) in [5.74, 6) is 0. The molecule has 0 aliphatic heterocycles. The maximum Gasteiger partial charge on any atom is 0.353 e. The van der Waals surface area contributed by atoms with E-state index in [4.69, 9.17) is 4.74 Å². The van der Waals surface area contributed by atoms with Gasteiger partial charge < -0.3 is 9.64 Å². The molecular formula is C12H23F2NO. The van der Waals surface area contributed by atoms with Crippen molar-refractivity contribution in [2.75, 3.05) is 20.6 Å². The highest BCUT2D eigenvalue weighted by molar-refractivity contribution is 4.84. The number of hydrogen-bond acceptors (Lipinski definition) is 2. The van der Waals surface area contributed by atoms with E-state index in [9.17, 15) is 8.78 Å². The van der Waals surface area contributed by atoms with Crippen LogP contribution in [-0.4, -0.2) is 37.8 Å². The van der Waals surface area contributed by atoms with Crippen LogP contribution in [0.1, 0.15) is 39.5 Å². The van der Waals surface area contributed by atoms with Gasteiger partial charge in [-0.3, -0.25) is 0 Å². The van der Waals surface area contributed by atoms with Gasteiger partial charge in [0.05, 0.1) is 6.10 Å². The third kappa shape index (κ3) is 4.74. The average Bonchev–Trinajstić information content (AvgIpc) is 2.05. The van der Waals surface area contributed by atoms with E-state index in [-0.39, 0.29) is 11.5 Å². The van der Waals surface area contributed by atoms with Gasteiger partial charge in [0.2, 0.25) is 0 Å². The van der Waals surface area contributed by atoms with E-state index in [1.807, 2.05) is 14.1 Å². The lowest BCUT2D eigenvalue weighted by atomic mass is 9.74. The van der Waals surface area contributed by atoms with Crippen LogP contribution in [-0.2, 0) is 4.74 Å². The second kappa shape index (κ2) is 4.96. The van der Waals surface area contributed by atoms with Crippen LogP contribution < -0.4 is 0 Å². The predicted molar refractivity (Wildman–Crippen MR) is 60.6 cm³/mol. The van der Waals surface area contributed by atoms with Crippen molar-refractivity contribution >= 4 is 0 Å². The summed E-state index contributed by atoms with van der Waals surface area (Å²) in [5, 5.41) is 0. The largest absolute Gasteiger partial charge is 0.353 e. The Morgan fingerprint density at radius 2 is 1.81 bits per heavy atom. The Morgan fingerprint density at radius 1 is 1.31 bits per heavy atom. The van der Waals surface area contributed by atoms with Crippen LogP contribution in [0.25, 0.3) is 0 Å². The summed E-state index contributed by atoms with van der Waals surface area (Å²) in [6.45, 7) is 4.07. The fourth-order valence-corrected chi connectivity index (χ4v) is 2.62. The normalized spacial score (nSPS) is 32.1. The van der Waals surface area contributed by atoms with Crippen molar-refractivity contribution in [3.63, 3.8) is 0 Å². The van der Waals surface area contributed by atoms with Crippen molar-refractivity contribution in [1.29, 1.82) is 0 Å². The maximum atomic E-state index is 12.7. The predicted octanol–water partition coefficient (Wildman–Crippen LogP) is 3.13. The second-order valence-corrected chi connectivity index (χ2v) is 5.67. The van der Waals surface area contributed by atoms with Crippen LogP contribution in [0.4, 0.5) is 8.78 Å². The first-order chi connectivity index (χ1) is 7.20. The van der Waals surface area contributed by atoms with Crippen molar-refractivity contribution in [3.05, 3.63) is 0 Å². The monoisotopic (exact) mass is 235 g/mol. The summed E-state index contributed by atoms with van der Waals surface area (Å²) in [4.78, 5) is 2.16. The average molecular weight is 235 g/mol. The fraction of sp³-hybridized carbons (Fsp3) is 1.00. The first-order valence-electron chi connectivity index (χ1n) is 5.91. The van der Waals surface area contributed by atoms with Crippen molar-refractivity contribution < 1.29 is 13.5 Å². The Bertz CT molecular complexity index is 218. The standard InChI is InChI=1S/C12H23F2NO/c1-11(9-15(3)4)7-5-10(6-8-11)16-12(2,13)14/h10H,5-9H2,1-4H3. The Balaban J connectivity index is 2.39. The lowest BCUT2D eigenvalue weighted by Gasteiger charge is -2.39. The molecule has 1 aliphatic carbocycles. The van der Waals surface area contributed by atoms with Gasteiger partial charge in [-0.1, -0.05) is 6.92 Å². The molecule has 0 heterocycles. The molecule has 4 heteroatoms. The summed E-state index contributed by atoms with van der Waals surface area (Å²) in [7, 11) is 4.10. The Morgan fingerprint density at radius 3 is 2.19 bits per heavy atom. The minimum Gasteiger partial charge on any atom is -0.317 e. The van der Waals surface area contributed by atoms with E-state index in [1.165, 1.54) is 0 Å². The number of alkyl halides is 2. The van der Waals surface area contributed by atoms with Crippen LogP contribution in [0, 0.1) is 5.41 Å². The molecule has 0 unspecified atom stereocenters. The summed E-state index contributed by atoms with van der Waals surface area (Å²) >= 11 is 0. The molecule has 16 heavy (non-hydrogen) atoms. The molecule has 96 valence electrons. The summed E-state index contributed by atoms with van der Waals surface area (Å²) in [6, 6.07) is 0. The molecular weight excluding hydrogens is 212 g/mol. The topological polar surface area (TPSA) is 12.5 Å². The van der Waals surface area contributed by atoms with Crippen LogP contribution >= 0.6 is 0 Å². The van der Waals surface area contributed by atoms with Gasteiger partial charge in [-0.15, -0.1) is 0 Å². The van der Waals surface area contributed by atoms with Gasteiger partial charge in [0.25, 0.3) is 0 Å². The Labute approximate surface area is 97.0 Å². The molecule has 1 saturated carbocycles. The molecule has 1 rings (SSSR count). The molecule has 0 amide bonds. The highest BCUT2D eigenvalue weighted by Gasteiger charge is 2.35. The molecule has 0 aromatic carbocycles. The minimum absolute atomic E-state index is 0.256. The van der Waals surface area contributed by atoms with Gasteiger partial charge in [-0.25, -0.2) is 0 Å². The third-order valence-corrected chi connectivity index (χ3v) is 3.21. The number of nitrogens with zero attached hydrogens (tertiary/aromatic N) is 1. The molecule has 0 aromatic heterocycles. The number of rotatable bonds is 4. The zero-order valence-corrected chi connectivity index (χ0v) is 10.7. The van der Waals surface area contributed by atoms with E-state index >= 15 is 0 Å². The first-order valence-corrected chi connectivity index (χ1v) is 5.91. The summed E-state index contributed by atoms with van der Waals surface area (Å²) < 4.78 is 30.1. The van der Waals surface area contributed by atoms with E-state index in [0.717, 1.165) is 39.2 Å². The molecule has 0 radical (unpaired) electrons. The lowest BCUT2D eigenvalue weighted by molar-refractivity contribution is -0.256. The number of hydrogen-bond donors (Lipinski definition) is 0. The third-order valence-electron chi connectivity index (χ3n) is 3.21. The van der Waals surface area contributed by atoms with E-state index in [1.54, 1.807) is 0 Å².